The van der Waals surface area contributed by atoms with Crippen molar-refractivity contribution in [3.8, 4) is 11.5 Å². The van der Waals surface area contributed by atoms with Gasteiger partial charge in [0.2, 0.25) is 0 Å². The molecule has 2 aliphatic rings. The number of benzene rings is 3. The standard InChI is InChI=1S/C32H32N2O4/c1-19-10-13-24(14-11-19)34-32(36)29-20(2)33-25-16-23(22-12-15-27(37-3)28(18-22)38-4)17-26(35)31(25)30(29)21-8-6-5-7-9-21/h5-15,18,23,30,33H,16-17H2,1-4H3,(H,34,36)/t23-,30-/m1/s1. The monoisotopic (exact) mass is 508 g/mol. The molecule has 0 aromatic heterocycles. The van der Waals surface area contributed by atoms with Gasteiger partial charge in [-0.1, -0.05) is 54.1 Å². The van der Waals surface area contributed by atoms with E-state index in [1.165, 1.54) is 0 Å². The Bertz CT molecular complexity index is 1440. The fourth-order valence-corrected chi connectivity index (χ4v) is 5.50. The molecule has 194 valence electrons. The number of nitrogens with one attached hydrogen (secondary N) is 2. The summed E-state index contributed by atoms with van der Waals surface area (Å²) < 4.78 is 10.9. The molecule has 3 aromatic rings. The normalized spacial score (nSPS) is 19.0. The molecule has 38 heavy (non-hydrogen) atoms. The topological polar surface area (TPSA) is 76.7 Å². The van der Waals surface area contributed by atoms with Crippen LogP contribution in [0, 0.1) is 6.92 Å². The average molecular weight is 509 g/mol. The van der Waals surface area contributed by atoms with E-state index in [9.17, 15) is 9.59 Å². The predicted octanol–water partition coefficient (Wildman–Crippen LogP) is 6.01. The van der Waals surface area contributed by atoms with Crippen molar-refractivity contribution >= 4 is 17.4 Å². The molecule has 1 amide bonds. The van der Waals surface area contributed by atoms with Crippen LogP contribution in [0.25, 0.3) is 0 Å². The van der Waals surface area contributed by atoms with E-state index in [0.717, 1.165) is 33.8 Å². The molecule has 6 heteroatoms. The Labute approximate surface area is 223 Å². The zero-order chi connectivity index (χ0) is 26.8. The van der Waals surface area contributed by atoms with E-state index < -0.39 is 5.92 Å². The van der Waals surface area contributed by atoms with Crippen molar-refractivity contribution in [1.82, 2.24) is 5.32 Å². The number of rotatable bonds is 6. The van der Waals surface area contributed by atoms with Gasteiger partial charge >= 0.3 is 0 Å². The highest BCUT2D eigenvalue weighted by Crippen LogP contribution is 2.46. The maximum absolute atomic E-state index is 13.8. The lowest BCUT2D eigenvalue weighted by atomic mass is 9.71. The average Bonchev–Trinajstić information content (AvgIpc) is 2.93. The maximum Gasteiger partial charge on any atom is 0.254 e. The second kappa shape index (κ2) is 10.6. The van der Waals surface area contributed by atoms with E-state index in [1.807, 2.05) is 86.6 Å². The Balaban J connectivity index is 1.52. The predicted molar refractivity (Wildman–Crippen MR) is 148 cm³/mol. The van der Waals surface area contributed by atoms with Crippen LogP contribution >= 0.6 is 0 Å². The van der Waals surface area contributed by atoms with Gasteiger partial charge in [0.25, 0.3) is 5.91 Å². The number of amides is 1. The van der Waals surface area contributed by atoms with Gasteiger partial charge in [0.1, 0.15) is 0 Å². The molecule has 0 saturated heterocycles. The molecular formula is C32H32N2O4. The van der Waals surface area contributed by atoms with Gasteiger partial charge in [0.05, 0.1) is 14.2 Å². The van der Waals surface area contributed by atoms with Gasteiger partial charge < -0.3 is 20.1 Å². The number of carbonyl (C=O) groups excluding carboxylic acids is 2. The van der Waals surface area contributed by atoms with Gasteiger partial charge in [0, 0.05) is 40.6 Å². The Morgan fingerprint density at radius 2 is 1.58 bits per heavy atom. The minimum atomic E-state index is -0.447. The smallest absolute Gasteiger partial charge is 0.254 e. The summed E-state index contributed by atoms with van der Waals surface area (Å²) in [4.78, 5) is 27.5. The fraction of sp³-hybridized carbons (Fsp3) is 0.250. The molecule has 3 aromatic carbocycles. The minimum Gasteiger partial charge on any atom is -0.493 e. The molecule has 6 nitrogen and oxygen atoms in total. The molecule has 2 atom stereocenters. The number of methoxy groups -OCH3 is 2. The quantitative estimate of drug-likeness (QED) is 0.426. The van der Waals surface area contributed by atoms with Gasteiger partial charge in [-0.15, -0.1) is 0 Å². The molecule has 2 N–H and O–H groups in total. The summed E-state index contributed by atoms with van der Waals surface area (Å²) in [5.74, 6) is 0.662. The summed E-state index contributed by atoms with van der Waals surface area (Å²) in [5.41, 5.74) is 6.64. The van der Waals surface area contributed by atoms with E-state index >= 15 is 0 Å². The van der Waals surface area contributed by atoms with Crippen LogP contribution < -0.4 is 20.1 Å². The first-order chi connectivity index (χ1) is 18.4. The number of dihydropyridines is 1. The lowest BCUT2D eigenvalue weighted by Crippen LogP contribution is -2.37. The van der Waals surface area contributed by atoms with E-state index in [0.29, 0.717) is 35.5 Å². The van der Waals surface area contributed by atoms with E-state index in [1.54, 1.807) is 14.2 Å². The van der Waals surface area contributed by atoms with E-state index in [4.69, 9.17) is 9.47 Å². The number of allylic oxidation sites excluding steroid dienone is 3. The second-order valence-electron chi connectivity index (χ2n) is 9.86. The Morgan fingerprint density at radius 1 is 0.868 bits per heavy atom. The molecule has 1 aliphatic heterocycles. The summed E-state index contributed by atoms with van der Waals surface area (Å²) in [5, 5.41) is 6.49. The largest absolute Gasteiger partial charge is 0.493 e. The van der Waals surface area contributed by atoms with Crippen molar-refractivity contribution in [2.75, 3.05) is 19.5 Å². The van der Waals surface area contributed by atoms with Crippen LogP contribution in [0.15, 0.2) is 95.3 Å². The van der Waals surface area contributed by atoms with Crippen molar-refractivity contribution in [3.05, 3.63) is 112 Å². The maximum atomic E-state index is 13.8. The third kappa shape index (κ3) is 4.82. The molecule has 0 bridgehead atoms. The van der Waals surface area contributed by atoms with Crippen LogP contribution in [0.5, 0.6) is 11.5 Å². The van der Waals surface area contributed by atoms with Crippen LogP contribution in [0.3, 0.4) is 0 Å². The first-order valence-electron chi connectivity index (χ1n) is 12.8. The Hall–Kier alpha value is -4.32. The van der Waals surface area contributed by atoms with Crippen LogP contribution in [0.2, 0.25) is 0 Å². The van der Waals surface area contributed by atoms with Crippen LogP contribution in [-0.2, 0) is 9.59 Å². The van der Waals surface area contributed by atoms with Crippen molar-refractivity contribution in [3.63, 3.8) is 0 Å². The van der Waals surface area contributed by atoms with Gasteiger partial charge in [-0.25, -0.2) is 0 Å². The summed E-state index contributed by atoms with van der Waals surface area (Å²) >= 11 is 0. The summed E-state index contributed by atoms with van der Waals surface area (Å²) in [6, 6.07) is 23.3. The number of hydrogen-bond donors (Lipinski definition) is 2. The number of carbonyl (C=O) groups is 2. The Kier molecular flexibility index (Phi) is 7.05. The SMILES string of the molecule is COc1ccc([C@H]2CC(=O)C3=C(C2)NC(C)=C(C(=O)Nc2ccc(C)cc2)[C@H]3c2ccccc2)cc1OC. The minimum absolute atomic E-state index is 0.0132. The highest BCUT2D eigenvalue weighted by atomic mass is 16.5. The molecule has 1 heterocycles. The zero-order valence-corrected chi connectivity index (χ0v) is 22.1. The number of ketones is 1. The molecule has 0 unspecified atom stereocenters. The number of hydrogen-bond acceptors (Lipinski definition) is 5. The number of Topliss-reactive ketones (excluding diaryl/α,β-unsaturated/α-hetero) is 1. The summed E-state index contributed by atoms with van der Waals surface area (Å²) in [7, 11) is 3.22. The zero-order valence-electron chi connectivity index (χ0n) is 22.1. The lowest BCUT2D eigenvalue weighted by molar-refractivity contribution is -0.116. The lowest BCUT2D eigenvalue weighted by Gasteiger charge is -2.37. The van der Waals surface area contributed by atoms with Gasteiger partial charge in [-0.05, 0) is 61.6 Å². The number of ether oxygens (including phenoxy) is 2. The molecule has 0 radical (unpaired) electrons. The van der Waals surface area contributed by atoms with E-state index in [-0.39, 0.29) is 17.6 Å². The molecule has 0 fully saturated rings. The highest BCUT2D eigenvalue weighted by molar-refractivity contribution is 6.10. The highest BCUT2D eigenvalue weighted by Gasteiger charge is 2.41. The van der Waals surface area contributed by atoms with E-state index in [2.05, 4.69) is 10.6 Å². The summed E-state index contributed by atoms with van der Waals surface area (Å²) in [6.45, 7) is 3.92. The number of aryl methyl sites for hydroxylation is 1. The van der Waals surface area contributed by atoms with Gasteiger partial charge in [-0.3, -0.25) is 9.59 Å². The molecule has 1 aliphatic carbocycles. The molecule has 0 spiro atoms. The first-order valence-corrected chi connectivity index (χ1v) is 12.8. The summed E-state index contributed by atoms with van der Waals surface area (Å²) in [6.07, 6.45) is 1.01. The number of anilines is 1. The van der Waals surface area contributed by atoms with Crippen LogP contribution in [0.1, 0.15) is 48.3 Å². The second-order valence-corrected chi connectivity index (χ2v) is 9.86. The van der Waals surface area contributed by atoms with Gasteiger partial charge in [-0.2, -0.15) is 0 Å². The third-order valence-corrected chi connectivity index (χ3v) is 7.39. The molecular weight excluding hydrogens is 476 g/mol. The molecule has 5 rings (SSSR count). The van der Waals surface area contributed by atoms with Crippen molar-refractivity contribution < 1.29 is 19.1 Å². The van der Waals surface area contributed by atoms with Crippen LogP contribution in [-0.4, -0.2) is 25.9 Å². The third-order valence-electron chi connectivity index (χ3n) is 7.39. The first kappa shape index (κ1) is 25.3. The van der Waals surface area contributed by atoms with Crippen molar-refractivity contribution in [1.29, 1.82) is 0 Å². The van der Waals surface area contributed by atoms with Crippen molar-refractivity contribution in [2.45, 2.75) is 38.5 Å². The van der Waals surface area contributed by atoms with Crippen molar-refractivity contribution in [2.24, 2.45) is 0 Å². The van der Waals surface area contributed by atoms with Crippen LogP contribution in [0.4, 0.5) is 5.69 Å². The Morgan fingerprint density at radius 3 is 2.26 bits per heavy atom. The molecule has 0 saturated carbocycles. The fourth-order valence-electron chi connectivity index (χ4n) is 5.50. The van der Waals surface area contributed by atoms with Gasteiger partial charge in [0.15, 0.2) is 17.3 Å².